The lowest BCUT2D eigenvalue weighted by Crippen LogP contribution is -2.37. The maximum Gasteiger partial charge on any atom is 0.332 e. The minimum Gasteiger partial charge on any atom is -0.319 e. The minimum absolute atomic E-state index is 0.165. The highest BCUT2D eigenvalue weighted by atomic mass is 35.5. The number of pyridine rings is 1. The molecule has 0 saturated heterocycles. The van der Waals surface area contributed by atoms with Gasteiger partial charge in [0, 0.05) is 26.4 Å². The Morgan fingerprint density at radius 3 is 2.65 bits per heavy atom. The number of hydrogen-bond donors (Lipinski definition) is 0. The normalized spacial score (nSPS) is 11.5. The number of nitrogens with zero attached hydrogens (tertiary/aromatic N) is 6. The summed E-state index contributed by atoms with van der Waals surface area (Å²) in [4.78, 5) is 45.4. The molecule has 0 saturated carbocycles. The van der Waals surface area contributed by atoms with Crippen molar-refractivity contribution in [2.24, 2.45) is 14.1 Å². The summed E-state index contributed by atoms with van der Waals surface area (Å²) < 4.78 is 5.25. The quantitative estimate of drug-likeness (QED) is 0.499. The number of aromatic nitrogens is 6. The van der Waals surface area contributed by atoms with Crippen molar-refractivity contribution in [3.8, 4) is 0 Å². The first kappa shape index (κ1) is 16.3. The summed E-state index contributed by atoms with van der Waals surface area (Å²) in [6.45, 7) is 0.165. The first-order valence-corrected chi connectivity index (χ1v) is 8.03. The van der Waals surface area contributed by atoms with E-state index in [2.05, 4.69) is 9.97 Å². The molecule has 132 valence electrons. The van der Waals surface area contributed by atoms with E-state index in [-0.39, 0.29) is 23.3 Å². The molecule has 10 heteroatoms. The molecule has 0 spiro atoms. The zero-order chi connectivity index (χ0) is 18.6. The molecule has 4 aromatic rings. The summed E-state index contributed by atoms with van der Waals surface area (Å²) in [5, 5.41) is 0.430. The van der Waals surface area contributed by atoms with Gasteiger partial charge in [-0.2, -0.15) is 0 Å². The Hall–Kier alpha value is -3.20. The van der Waals surface area contributed by atoms with E-state index >= 15 is 0 Å². The summed E-state index contributed by atoms with van der Waals surface area (Å²) in [7, 11) is 2.96. The molecule has 0 aliphatic heterocycles. The van der Waals surface area contributed by atoms with Crippen molar-refractivity contribution in [1.29, 1.82) is 0 Å². The number of halogens is 1. The number of rotatable bonds is 2. The third kappa shape index (κ3) is 2.36. The smallest absolute Gasteiger partial charge is 0.319 e. The van der Waals surface area contributed by atoms with Gasteiger partial charge in [-0.15, -0.1) is 0 Å². The zero-order valence-corrected chi connectivity index (χ0v) is 14.6. The van der Waals surface area contributed by atoms with Gasteiger partial charge >= 0.3 is 5.69 Å². The van der Waals surface area contributed by atoms with Gasteiger partial charge in [0.15, 0.2) is 11.2 Å². The molecule has 0 N–H and O–H groups in total. The molecule has 0 aliphatic rings. The Bertz CT molecular complexity index is 1360. The fourth-order valence-electron chi connectivity index (χ4n) is 2.90. The molecule has 26 heavy (non-hydrogen) atoms. The van der Waals surface area contributed by atoms with Crippen molar-refractivity contribution < 1.29 is 0 Å². The predicted molar refractivity (Wildman–Crippen MR) is 95.8 cm³/mol. The summed E-state index contributed by atoms with van der Waals surface area (Å²) in [5.41, 5.74) is 0.276. The highest BCUT2D eigenvalue weighted by Crippen LogP contribution is 2.11. The third-order valence-corrected chi connectivity index (χ3v) is 4.45. The van der Waals surface area contributed by atoms with Gasteiger partial charge in [-0.25, -0.2) is 14.8 Å². The first-order valence-electron chi connectivity index (χ1n) is 7.65. The van der Waals surface area contributed by atoms with Gasteiger partial charge < -0.3 is 4.57 Å². The summed E-state index contributed by atoms with van der Waals surface area (Å²) in [6, 6.07) is 4.66. The van der Waals surface area contributed by atoms with Gasteiger partial charge in [0.25, 0.3) is 11.1 Å². The average Bonchev–Trinajstić information content (AvgIpc) is 3.02. The summed E-state index contributed by atoms with van der Waals surface area (Å²) >= 11 is 5.91. The summed E-state index contributed by atoms with van der Waals surface area (Å²) in [5.74, 6) is 0. The van der Waals surface area contributed by atoms with Crippen LogP contribution in [-0.2, 0) is 20.6 Å². The molecular weight excluding hydrogens is 360 g/mol. The van der Waals surface area contributed by atoms with Gasteiger partial charge in [0.1, 0.15) is 5.65 Å². The second-order valence-corrected chi connectivity index (χ2v) is 6.35. The molecule has 0 radical (unpaired) electrons. The van der Waals surface area contributed by atoms with Crippen LogP contribution in [0.4, 0.5) is 0 Å². The molecule has 0 amide bonds. The van der Waals surface area contributed by atoms with Crippen LogP contribution >= 0.6 is 11.6 Å². The van der Waals surface area contributed by atoms with Crippen LogP contribution in [0, 0.1) is 0 Å². The number of imidazole rings is 1. The van der Waals surface area contributed by atoms with E-state index in [1.54, 1.807) is 23.7 Å². The highest BCUT2D eigenvalue weighted by molar-refractivity contribution is 6.30. The van der Waals surface area contributed by atoms with Crippen LogP contribution in [0.5, 0.6) is 0 Å². The zero-order valence-electron chi connectivity index (χ0n) is 13.9. The van der Waals surface area contributed by atoms with E-state index in [4.69, 9.17) is 11.6 Å². The van der Waals surface area contributed by atoms with Gasteiger partial charge in [0.2, 0.25) is 0 Å². The largest absolute Gasteiger partial charge is 0.332 e. The Balaban J connectivity index is 1.90. The van der Waals surface area contributed by atoms with Crippen LogP contribution in [0.2, 0.25) is 5.02 Å². The molecule has 0 unspecified atom stereocenters. The van der Waals surface area contributed by atoms with Crippen molar-refractivity contribution in [3.05, 3.63) is 72.6 Å². The Morgan fingerprint density at radius 1 is 1.12 bits per heavy atom. The lowest BCUT2D eigenvalue weighted by Gasteiger charge is -2.07. The lowest BCUT2D eigenvalue weighted by atomic mass is 10.3. The lowest BCUT2D eigenvalue weighted by molar-refractivity contribution is 0.701. The van der Waals surface area contributed by atoms with Crippen molar-refractivity contribution >= 4 is 28.4 Å². The molecule has 0 aliphatic carbocycles. The molecule has 0 atom stereocenters. The Morgan fingerprint density at radius 2 is 1.88 bits per heavy atom. The van der Waals surface area contributed by atoms with Gasteiger partial charge in [0.05, 0.1) is 23.6 Å². The second-order valence-electron chi connectivity index (χ2n) is 5.91. The molecule has 9 nitrogen and oxygen atoms in total. The van der Waals surface area contributed by atoms with Crippen LogP contribution in [-0.4, -0.2) is 28.1 Å². The SMILES string of the molecule is Cn1c(=O)c2c(ncn2Cc2cc(=O)n3cc(Cl)ccc3n2)n(C)c1=O. The standard InChI is InChI=1S/C16H13ClN6O3/c1-20-14-13(15(25)21(2)16(20)26)22(8-18-14)7-10-5-12(24)23-6-9(17)3-4-11(23)19-10/h3-6,8H,7H2,1-2H3. The molecule has 4 aromatic heterocycles. The second kappa shape index (κ2) is 5.67. The van der Waals surface area contributed by atoms with E-state index < -0.39 is 11.2 Å². The fourth-order valence-corrected chi connectivity index (χ4v) is 3.06. The maximum absolute atomic E-state index is 12.5. The Labute approximate surface area is 150 Å². The van der Waals surface area contributed by atoms with E-state index in [0.29, 0.717) is 16.4 Å². The molecule has 0 aromatic carbocycles. The van der Waals surface area contributed by atoms with E-state index in [9.17, 15) is 14.4 Å². The third-order valence-electron chi connectivity index (χ3n) is 4.23. The van der Waals surface area contributed by atoms with Crippen molar-refractivity contribution in [2.75, 3.05) is 0 Å². The number of hydrogen-bond acceptors (Lipinski definition) is 5. The molecular formula is C16H13ClN6O3. The van der Waals surface area contributed by atoms with Crippen molar-refractivity contribution in [3.63, 3.8) is 0 Å². The van der Waals surface area contributed by atoms with Gasteiger partial charge in [-0.05, 0) is 12.1 Å². The fraction of sp³-hybridized carbons (Fsp3) is 0.188. The first-order chi connectivity index (χ1) is 12.4. The van der Waals surface area contributed by atoms with Crippen LogP contribution < -0.4 is 16.8 Å². The summed E-state index contributed by atoms with van der Waals surface area (Å²) in [6.07, 6.45) is 2.95. The molecule has 0 fully saturated rings. The van der Waals surface area contributed by atoms with E-state index in [1.165, 1.54) is 34.6 Å². The number of fused-ring (bicyclic) bond motifs is 2. The van der Waals surface area contributed by atoms with Gasteiger partial charge in [-0.3, -0.25) is 23.1 Å². The maximum atomic E-state index is 12.5. The predicted octanol–water partition coefficient (Wildman–Crippen LogP) is 0.143. The monoisotopic (exact) mass is 372 g/mol. The molecule has 4 rings (SSSR count). The van der Waals surface area contributed by atoms with Crippen molar-refractivity contribution in [1.82, 2.24) is 28.1 Å². The molecule has 4 heterocycles. The molecule has 0 bridgehead atoms. The van der Waals surface area contributed by atoms with E-state index in [0.717, 1.165) is 4.57 Å². The van der Waals surface area contributed by atoms with Crippen LogP contribution in [0.1, 0.15) is 5.69 Å². The van der Waals surface area contributed by atoms with E-state index in [1.807, 2.05) is 0 Å². The highest BCUT2D eigenvalue weighted by Gasteiger charge is 2.15. The topological polar surface area (TPSA) is 96.2 Å². The Kier molecular flexibility index (Phi) is 3.55. The van der Waals surface area contributed by atoms with Crippen LogP contribution in [0.15, 0.2) is 45.1 Å². The van der Waals surface area contributed by atoms with Crippen molar-refractivity contribution in [2.45, 2.75) is 6.54 Å². The minimum atomic E-state index is -0.454. The van der Waals surface area contributed by atoms with Gasteiger partial charge in [-0.1, -0.05) is 11.6 Å². The average molecular weight is 373 g/mol. The number of aryl methyl sites for hydroxylation is 1. The van der Waals surface area contributed by atoms with Crippen LogP contribution in [0.3, 0.4) is 0 Å². The van der Waals surface area contributed by atoms with Crippen LogP contribution in [0.25, 0.3) is 16.8 Å².